The number of rotatable bonds is 10. The molecule has 0 radical (unpaired) electrons. The number of amides is 3. The van der Waals surface area contributed by atoms with E-state index in [2.05, 4.69) is 5.32 Å². The number of hydrogen-bond acceptors (Lipinski definition) is 5. The normalized spacial score (nSPS) is 14.8. The minimum absolute atomic E-state index is 0.0255. The molecule has 3 amide bonds. The topological polar surface area (TPSA) is 104 Å². The molecule has 1 aliphatic rings. The van der Waals surface area contributed by atoms with Gasteiger partial charge in [0.1, 0.15) is 10.9 Å². The maximum absolute atomic E-state index is 13.8. The maximum Gasteiger partial charge on any atom is 0.269 e. The van der Waals surface area contributed by atoms with Crippen molar-refractivity contribution < 1.29 is 22.8 Å². The molecule has 0 saturated carbocycles. The molecule has 41 heavy (non-hydrogen) atoms. The van der Waals surface area contributed by atoms with Gasteiger partial charge in [-0.3, -0.25) is 14.4 Å². The summed E-state index contributed by atoms with van der Waals surface area (Å²) in [6, 6.07) is 21.8. The molecule has 0 aromatic heterocycles. The Kier molecular flexibility index (Phi) is 9.19. The predicted molar refractivity (Wildman–Crippen MR) is 158 cm³/mol. The first-order valence-corrected chi connectivity index (χ1v) is 15.2. The molecule has 3 aromatic carbocycles. The van der Waals surface area contributed by atoms with Gasteiger partial charge in [0, 0.05) is 36.5 Å². The van der Waals surface area contributed by atoms with E-state index in [0.29, 0.717) is 5.02 Å². The summed E-state index contributed by atoms with van der Waals surface area (Å²) in [5.74, 6) is -1.22. The highest BCUT2D eigenvalue weighted by molar-refractivity contribution is 7.90. The highest BCUT2D eigenvalue weighted by Gasteiger charge is 2.40. The monoisotopic (exact) mass is 595 g/mol. The van der Waals surface area contributed by atoms with Gasteiger partial charge in [0.15, 0.2) is 0 Å². The van der Waals surface area contributed by atoms with Gasteiger partial charge in [-0.1, -0.05) is 66.2 Å². The number of benzene rings is 3. The van der Waals surface area contributed by atoms with Crippen LogP contribution in [0, 0.1) is 0 Å². The number of fused-ring (bicyclic) bond motifs is 1. The van der Waals surface area contributed by atoms with Gasteiger partial charge in [-0.25, -0.2) is 12.7 Å². The Morgan fingerprint density at radius 1 is 0.927 bits per heavy atom. The molecule has 0 spiro atoms. The molecule has 0 aliphatic carbocycles. The standard InChI is InChI=1S/C31H34ClN3O5S/c1-31(2,3)33-29(37)26(20-22-10-5-4-6-11-22)34(21-23-15-17-24(32)18-16-23)28(36)14-9-19-35-30(38)25-12-7-8-13-27(25)41(35,39)40/h4-8,10-13,15-18,26H,9,14,19-21H2,1-3H3,(H,33,37). The van der Waals surface area contributed by atoms with E-state index in [0.717, 1.165) is 15.4 Å². The maximum atomic E-state index is 13.8. The predicted octanol–water partition coefficient (Wildman–Crippen LogP) is 4.82. The Labute approximate surface area is 246 Å². The third kappa shape index (κ3) is 7.34. The van der Waals surface area contributed by atoms with Gasteiger partial charge in [0.05, 0.1) is 5.56 Å². The molecular formula is C31H34ClN3O5S. The molecule has 1 unspecified atom stereocenters. The first-order chi connectivity index (χ1) is 19.4. The van der Waals surface area contributed by atoms with Crippen molar-refractivity contribution in [3.63, 3.8) is 0 Å². The van der Waals surface area contributed by atoms with E-state index < -0.39 is 27.5 Å². The summed E-state index contributed by atoms with van der Waals surface area (Å²) in [5, 5.41) is 3.56. The van der Waals surface area contributed by atoms with E-state index in [4.69, 9.17) is 11.6 Å². The Morgan fingerprint density at radius 3 is 2.20 bits per heavy atom. The van der Waals surface area contributed by atoms with Crippen molar-refractivity contribution in [1.82, 2.24) is 14.5 Å². The zero-order valence-corrected chi connectivity index (χ0v) is 24.9. The van der Waals surface area contributed by atoms with Crippen LogP contribution in [0.3, 0.4) is 0 Å². The molecule has 1 aliphatic heterocycles. The van der Waals surface area contributed by atoms with Gasteiger partial charge in [-0.2, -0.15) is 0 Å². The smallest absolute Gasteiger partial charge is 0.269 e. The van der Waals surface area contributed by atoms with Gasteiger partial charge in [-0.15, -0.1) is 0 Å². The Hall–Kier alpha value is -3.69. The van der Waals surface area contributed by atoms with Crippen molar-refractivity contribution in [2.75, 3.05) is 6.54 Å². The first-order valence-electron chi connectivity index (χ1n) is 13.4. The van der Waals surface area contributed by atoms with Gasteiger partial charge in [-0.05, 0) is 62.6 Å². The fraction of sp³-hybridized carbons (Fsp3) is 0.323. The molecule has 1 atom stereocenters. The van der Waals surface area contributed by atoms with E-state index in [1.165, 1.54) is 17.0 Å². The summed E-state index contributed by atoms with van der Waals surface area (Å²) >= 11 is 6.08. The van der Waals surface area contributed by atoms with Crippen LogP contribution in [0.15, 0.2) is 83.8 Å². The van der Waals surface area contributed by atoms with Crippen LogP contribution in [0.25, 0.3) is 0 Å². The average Bonchev–Trinajstić information content (AvgIpc) is 3.11. The summed E-state index contributed by atoms with van der Waals surface area (Å²) in [5.41, 5.74) is 1.28. The molecule has 4 rings (SSSR count). The van der Waals surface area contributed by atoms with E-state index in [-0.39, 0.29) is 54.6 Å². The minimum atomic E-state index is -3.97. The summed E-state index contributed by atoms with van der Waals surface area (Å²) in [6.07, 6.45) is 0.335. The summed E-state index contributed by atoms with van der Waals surface area (Å²) in [7, 11) is -3.97. The number of sulfonamides is 1. The summed E-state index contributed by atoms with van der Waals surface area (Å²) in [6.45, 7) is 5.63. The molecule has 3 aromatic rings. The fourth-order valence-corrected chi connectivity index (χ4v) is 6.50. The number of halogens is 1. The van der Waals surface area contributed by atoms with Crippen LogP contribution in [0.4, 0.5) is 0 Å². The van der Waals surface area contributed by atoms with Crippen molar-refractivity contribution >= 4 is 39.3 Å². The number of nitrogens with one attached hydrogen (secondary N) is 1. The van der Waals surface area contributed by atoms with Gasteiger partial charge in [0.2, 0.25) is 11.8 Å². The second-order valence-electron chi connectivity index (χ2n) is 11.1. The average molecular weight is 596 g/mol. The Balaban J connectivity index is 1.58. The first kappa shape index (κ1) is 30.3. The molecule has 0 bridgehead atoms. The molecule has 0 saturated heterocycles. The van der Waals surface area contributed by atoms with Crippen LogP contribution >= 0.6 is 11.6 Å². The molecule has 1 N–H and O–H groups in total. The lowest BCUT2D eigenvalue weighted by Crippen LogP contribution is -2.54. The molecular weight excluding hydrogens is 562 g/mol. The van der Waals surface area contributed by atoms with Crippen LogP contribution < -0.4 is 5.32 Å². The van der Waals surface area contributed by atoms with Crippen LogP contribution in [-0.2, 0) is 32.6 Å². The van der Waals surface area contributed by atoms with Crippen molar-refractivity contribution in [2.45, 2.75) is 63.1 Å². The lowest BCUT2D eigenvalue weighted by atomic mass is 10.00. The van der Waals surface area contributed by atoms with Crippen LogP contribution in [0.2, 0.25) is 5.02 Å². The van der Waals surface area contributed by atoms with E-state index in [1.807, 2.05) is 51.1 Å². The molecule has 216 valence electrons. The highest BCUT2D eigenvalue weighted by atomic mass is 35.5. The largest absolute Gasteiger partial charge is 0.350 e. The van der Waals surface area contributed by atoms with Crippen molar-refractivity contribution in [3.8, 4) is 0 Å². The number of carbonyl (C=O) groups is 3. The summed E-state index contributed by atoms with van der Waals surface area (Å²) < 4.78 is 26.7. The summed E-state index contributed by atoms with van der Waals surface area (Å²) in [4.78, 5) is 41.8. The third-order valence-electron chi connectivity index (χ3n) is 6.70. The van der Waals surface area contributed by atoms with E-state index >= 15 is 0 Å². The van der Waals surface area contributed by atoms with Gasteiger partial charge < -0.3 is 10.2 Å². The molecule has 10 heteroatoms. The van der Waals surface area contributed by atoms with Crippen LogP contribution in [0.5, 0.6) is 0 Å². The second-order valence-corrected chi connectivity index (χ2v) is 13.3. The van der Waals surface area contributed by atoms with Crippen molar-refractivity contribution in [2.24, 2.45) is 0 Å². The fourth-order valence-electron chi connectivity index (χ4n) is 4.76. The molecule has 1 heterocycles. The van der Waals surface area contributed by atoms with E-state index in [9.17, 15) is 22.8 Å². The van der Waals surface area contributed by atoms with Crippen LogP contribution in [-0.4, -0.2) is 53.5 Å². The highest BCUT2D eigenvalue weighted by Crippen LogP contribution is 2.30. The van der Waals surface area contributed by atoms with Crippen LogP contribution in [0.1, 0.15) is 55.1 Å². The van der Waals surface area contributed by atoms with Crippen molar-refractivity contribution in [3.05, 3.63) is 101 Å². The van der Waals surface area contributed by atoms with Gasteiger partial charge >= 0.3 is 0 Å². The second kappa shape index (κ2) is 12.4. The number of nitrogens with zero attached hydrogens (tertiary/aromatic N) is 2. The lowest BCUT2D eigenvalue weighted by molar-refractivity contribution is -0.142. The number of hydrogen-bond donors (Lipinski definition) is 1. The third-order valence-corrected chi connectivity index (χ3v) is 8.79. The van der Waals surface area contributed by atoms with Gasteiger partial charge in [0.25, 0.3) is 15.9 Å². The zero-order valence-electron chi connectivity index (χ0n) is 23.3. The Morgan fingerprint density at radius 2 is 1.56 bits per heavy atom. The lowest BCUT2D eigenvalue weighted by Gasteiger charge is -2.34. The van der Waals surface area contributed by atoms with Crippen molar-refractivity contribution in [1.29, 1.82) is 0 Å². The SMILES string of the molecule is CC(C)(C)NC(=O)C(Cc1ccccc1)N(Cc1ccc(Cl)cc1)C(=O)CCCN1C(=O)c2ccccc2S1(=O)=O. The number of carbonyl (C=O) groups excluding carboxylic acids is 3. The zero-order chi connectivity index (χ0) is 29.8. The quantitative estimate of drug-likeness (QED) is 0.362. The molecule has 0 fully saturated rings. The minimum Gasteiger partial charge on any atom is -0.350 e. The Bertz CT molecular complexity index is 1520. The van der Waals surface area contributed by atoms with E-state index in [1.54, 1.807) is 36.4 Å². The molecule has 8 nitrogen and oxygen atoms in total.